The highest BCUT2D eigenvalue weighted by molar-refractivity contribution is 5.99. The van der Waals surface area contributed by atoms with Crippen molar-refractivity contribution in [1.29, 1.82) is 0 Å². The Labute approximate surface area is 274 Å². The van der Waals surface area contributed by atoms with Gasteiger partial charge in [0.15, 0.2) is 0 Å². The van der Waals surface area contributed by atoms with E-state index in [1.165, 1.54) is 0 Å². The first kappa shape index (κ1) is 36.7. The second-order valence-corrected chi connectivity index (χ2v) is 14.0. The minimum Gasteiger partial charge on any atom is -0.393 e. The van der Waals surface area contributed by atoms with Crippen LogP contribution in [0.4, 0.5) is 0 Å². The third kappa shape index (κ3) is 9.18. The molecule has 0 heterocycles. The second-order valence-electron chi connectivity index (χ2n) is 14.0. The molecule has 2 aliphatic carbocycles. The Hall–Kier alpha value is -3.72. The fourth-order valence-corrected chi connectivity index (χ4v) is 6.26. The molecule has 9 heteroatoms. The topological polar surface area (TPSA) is 120 Å². The quantitative estimate of drug-likeness (QED) is 0.206. The van der Waals surface area contributed by atoms with Crippen molar-refractivity contribution in [3.05, 3.63) is 92.3 Å². The van der Waals surface area contributed by atoms with Gasteiger partial charge in [0.25, 0.3) is 11.8 Å². The molecule has 2 aliphatic rings. The zero-order valence-electron chi connectivity index (χ0n) is 28.7. The fraction of sp³-hybridized carbons (Fsp3) is 0.568. The number of benzene rings is 1. The summed E-state index contributed by atoms with van der Waals surface area (Å²) in [5.74, 6) is -0.0386. The van der Waals surface area contributed by atoms with Crippen molar-refractivity contribution in [1.82, 2.24) is 9.80 Å². The second kappa shape index (κ2) is 16.2. The van der Waals surface area contributed by atoms with Crippen LogP contribution in [0.15, 0.2) is 81.7 Å². The number of hydrogen-bond donors (Lipinski definition) is 1. The first-order valence-electron chi connectivity index (χ1n) is 16.5. The van der Waals surface area contributed by atoms with E-state index in [4.69, 9.17) is 0 Å². The summed E-state index contributed by atoms with van der Waals surface area (Å²) in [6.07, 6.45) is 12.6. The van der Waals surface area contributed by atoms with E-state index < -0.39 is 17.2 Å². The lowest BCUT2D eigenvalue weighted by atomic mass is 9.80. The van der Waals surface area contributed by atoms with Gasteiger partial charge in [0.2, 0.25) is 0 Å². The van der Waals surface area contributed by atoms with Gasteiger partial charge in [-0.2, -0.15) is 9.81 Å². The Morgan fingerprint density at radius 3 is 2.15 bits per heavy atom. The molecule has 0 saturated heterocycles. The standard InChI is InChI=1S/C37H52N4O5/c1-26-23-29(33(24-27(26)2)35(44)41(22-20-39-46)37(6,7)30-14-9-8-10-15-30)25-31(42)18-17-28-13-11-12-16-32(28)34(43)40(21-19-38-45)36(3,4)5/h9,11-16,23-24,26-27,31,42H,8,10,17-22,25H2,1-7H3. The summed E-state index contributed by atoms with van der Waals surface area (Å²) in [4.78, 5) is 53.4. The van der Waals surface area contributed by atoms with Crippen LogP contribution >= 0.6 is 0 Å². The van der Waals surface area contributed by atoms with E-state index in [0.29, 0.717) is 24.0 Å². The molecule has 0 saturated carbocycles. The van der Waals surface area contributed by atoms with Gasteiger partial charge in [-0.15, -0.1) is 0 Å². The predicted molar refractivity (Wildman–Crippen MR) is 184 cm³/mol. The van der Waals surface area contributed by atoms with Crippen LogP contribution in [-0.2, 0) is 11.2 Å². The third-order valence-electron chi connectivity index (χ3n) is 9.26. The SMILES string of the molecule is CC1C=C(CC(O)CCc2ccccc2C(=O)N(CCN=O)C(C)(C)C)C(C(=O)N(CCN=O)C(C)(C)C2=CCCC=C2)=CC1C. The van der Waals surface area contributed by atoms with Gasteiger partial charge in [-0.05, 0) is 101 Å². The van der Waals surface area contributed by atoms with Gasteiger partial charge in [-0.3, -0.25) is 9.59 Å². The number of amides is 2. The molecule has 1 aromatic rings. The highest BCUT2D eigenvalue weighted by Crippen LogP contribution is 2.36. The zero-order valence-corrected chi connectivity index (χ0v) is 28.7. The van der Waals surface area contributed by atoms with Gasteiger partial charge in [-0.1, -0.05) is 72.8 Å². The van der Waals surface area contributed by atoms with Gasteiger partial charge in [0.1, 0.15) is 0 Å². The summed E-state index contributed by atoms with van der Waals surface area (Å²) in [6.45, 7) is 14.4. The number of aryl methyl sites for hydroxylation is 1. The van der Waals surface area contributed by atoms with Gasteiger partial charge < -0.3 is 14.9 Å². The Morgan fingerprint density at radius 1 is 0.913 bits per heavy atom. The van der Waals surface area contributed by atoms with Crippen molar-refractivity contribution < 1.29 is 14.7 Å². The number of carbonyl (C=O) groups excluding carboxylic acids is 2. The van der Waals surface area contributed by atoms with Crippen LogP contribution < -0.4 is 0 Å². The predicted octanol–water partition coefficient (Wildman–Crippen LogP) is 7.17. The van der Waals surface area contributed by atoms with Gasteiger partial charge in [-0.25, -0.2) is 0 Å². The number of aliphatic hydroxyl groups is 1. The number of hydrogen-bond acceptors (Lipinski definition) is 7. The van der Waals surface area contributed by atoms with Crippen molar-refractivity contribution in [2.45, 2.75) is 97.8 Å². The molecule has 3 rings (SSSR count). The maximum atomic E-state index is 14.3. The molecular formula is C37H52N4O5. The Balaban J connectivity index is 1.82. The monoisotopic (exact) mass is 632 g/mol. The fourth-order valence-electron chi connectivity index (χ4n) is 6.26. The van der Waals surface area contributed by atoms with Gasteiger partial charge >= 0.3 is 0 Å². The molecule has 0 bridgehead atoms. The number of allylic oxidation sites excluding steroid dienone is 4. The highest BCUT2D eigenvalue weighted by Gasteiger charge is 2.37. The number of nitrogens with zero attached hydrogens (tertiary/aromatic N) is 4. The molecule has 0 radical (unpaired) electrons. The molecule has 0 spiro atoms. The number of rotatable bonds is 15. The Bertz CT molecular complexity index is 1380. The van der Waals surface area contributed by atoms with Crippen LogP contribution in [0.3, 0.4) is 0 Å². The molecule has 9 nitrogen and oxygen atoms in total. The highest BCUT2D eigenvalue weighted by atomic mass is 16.3. The molecule has 2 amide bonds. The Morgan fingerprint density at radius 2 is 1.54 bits per heavy atom. The third-order valence-corrected chi connectivity index (χ3v) is 9.26. The molecule has 1 aromatic carbocycles. The first-order chi connectivity index (χ1) is 21.7. The smallest absolute Gasteiger partial charge is 0.254 e. The molecular weight excluding hydrogens is 580 g/mol. The molecule has 3 unspecified atom stereocenters. The lowest BCUT2D eigenvalue weighted by molar-refractivity contribution is -0.130. The number of nitroso groups, excluding NO2 is 2. The number of carbonyl (C=O) groups is 2. The van der Waals surface area contributed by atoms with Gasteiger partial charge in [0.05, 0.1) is 24.7 Å². The van der Waals surface area contributed by atoms with Crippen LogP contribution in [0.25, 0.3) is 0 Å². The minimum atomic E-state index is -0.758. The molecule has 46 heavy (non-hydrogen) atoms. The molecule has 0 aliphatic heterocycles. The molecule has 1 N–H and O–H groups in total. The Kier molecular flexibility index (Phi) is 12.9. The van der Waals surface area contributed by atoms with Crippen LogP contribution in [0.1, 0.15) is 90.1 Å². The van der Waals surface area contributed by atoms with E-state index in [1.54, 1.807) is 15.9 Å². The largest absolute Gasteiger partial charge is 0.393 e. The lowest BCUT2D eigenvalue weighted by Crippen LogP contribution is -2.51. The van der Waals surface area contributed by atoms with Crippen molar-refractivity contribution in [2.75, 3.05) is 26.2 Å². The molecule has 0 aromatic heterocycles. The average Bonchev–Trinajstić information content (AvgIpc) is 3.01. The molecule has 3 atom stereocenters. The summed E-state index contributed by atoms with van der Waals surface area (Å²) >= 11 is 0. The summed E-state index contributed by atoms with van der Waals surface area (Å²) in [7, 11) is 0. The lowest BCUT2D eigenvalue weighted by Gasteiger charge is -2.41. The van der Waals surface area contributed by atoms with E-state index in [-0.39, 0.29) is 56.3 Å². The average molecular weight is 633 g/mol. The molecule has 250 valence electrons. The van der Waals surface area contributed by atoms with E-state index in [9.17, 15) is 24.5 Å². The first-order valence-corrected chi connectivity index (χ1v) is 16.5. The van der Waals surface area contributed by atoms with Crippen molar-refractivity contribution >= 4 is 11.8 Å². The maximum Gasteiger partial charge on any atom is 0.254 e. The van der Waals surface area contributed by atoms with Crippen LogP contribution in [0, 0.1) is 21.6 Å². The van der Waals surface area contributed by atoms with E-state index in [1.807, 2.05) is 58.9 Å². The summed E-state index contributed by atoms with van der Waals surface area (Å²) in [5, 5.41) is 17.4. The van der Waals surface area contributed by atoms with Crippen LogP contribution in [0.5, 0.6) is 0 Å². The summed E-state index contributed by atoms with van der Waals surface area (Å²) < 4.78 is 0. The van der Waals surface area contributed by atoms with E-state index in [0.717, 1.165) is 29.6 Å². The van der Waals surface area contributed by atoms with Crippen molar-refractivity contribution in [3.63, 3.8) is 0 Å². The number of aliphatic hydroxyl groups excluding tert-OH is 1. The van der Waals surface area contributed by atoms with Gasteiger partial charge in [0, 0.05) is 29.8 Å². The molecule has 0 fully saturated rings. The summed E-state index contributed by atoms with van der Waals surface area (Å²) in [5.41, 5.74) is 2.58. The summed E-state index contributed by atoms with van der Waals surface area (Å²) in [6, 6.07) is 7.37. The zero-order chi connectivity index (χ0) is 34.1. The maximum absolute atomic E-state index is 14.3. The van der Waals surface area contributed by atoms with Crippen LogP contribution in [0.2, 0.25) is 0 Å². The van der Waals surface area contributed by atoms with Crippen molar-refractivity contribution in [3.8, 4) is 0 Å². The minimum absolute atomic E-state index is 0.0104. The van der Waals surface area contributed by atoms with E-state index >= 15 is 0 Å². The van der Waals surface area contributed by atoms with Crippen LogP contribution in [-0.4, -0.2) is 70.1 Å². The van der Waals surface area contributed by atoms with Crippen molar-refractivity contribution in [2.24, 2.45) is 22.2 Å². The normalized spacial score (nSPS) is 19.0. The van der Waals surface area contributed by atoms with E-state index in [2.05, 4.69) is 48.5 Å².